The van der Waals surface area contributed by atoms with Crippen LogP contribution in [-0.4, -0.2) is 42.0 Å². The number of nitrogens with one attached hydrogen (secondary N) is 1. The van der Waals surface area contributed by atoms with E-state index in [1.807, 2.05) is 0 Å². The van der Waals surface area contributed by atoms with E-state index in [9.17, 15) is 9.59 Å². The molecule has 3 N–H and O–H groups in total. The summed E-state index contributed by atoms with van der Waals surface area (Å²) in [4.78, 5) is 20.4. The monoisotopic (exact) mass is 177 g/mol. The molecule has 0 aromatic heterocycles. The minimum Gasteiger partial charge on any atom is -0.481 e. The van der Waals surface area contributed by atoms with Gasteiger partial charge in [0.05, 0.1) is 19.6 Å². The van der Waals surface area contributed by atoms with Crippen LogP contribution in [0.15, 0.2) is 0 Å². The Morgan fingerprint density at radius 1 is 1.58 bits per heavy atom. The Kier molecular flexibility index (Phi) is 4.78. The maximum absolute atomic E-state index is 10.4. The average molecular weight is 177 g/mol. The first kappa shape index (κ1) is 10.7. The van der Waals surface area contributed by atoms with Crippen molar-refractivity contribution in [2.75, 3.05) is 13.7 Å². The molecule has 1 unspecified atom stereocenters. The van der Waals surface area contributed by atoms with Crippen molar-refractivity contribution < 1.29 is 24.5 Å². The lowest BCUT2D eigenvalue weighted by Crippen LogP contribution is -2.33. The van der Waals surface area contributed by atoms with Gasteiger partial charge < -0.3 is 20.3 Å². The van der Waals surface area contributed by atoms with Gasteiger partial charge in [0.25, 0.3) is 0 Å². The molecule has 0 aromatic carbocycles. The summed E-state index contributed by atoms with van der Waals surface area (Å²) in [7, 11) is 1.18. The van der Waals surface area contributed by atoms with Crippen LogP contribution < -0.4 is 5.32 Å². The molecular formula is C6H11NO5. The molecule has 0 rings (SSSR count). The van der Waals surface area contributed by atoms with Crippen molar-refractivity contribution in [3.63, 3.8) is 0 Å². The number of amides is 1. The highest BCUT2D eigenvalue weighted by Crippen LogP contribution is 1.89. The summed E-state index contributed by atoms with van der Waals surface area (Å²) in [6.45, 7) is -0.126. The van der Waals surface area contributed by atoms with Crippen molar-refractivity contribution in [1.29, 1.82) is 0 Å². The SMILES string of the molecule is COC(=O)NCC(O)CC(=O)O. The summed E-state index contributed by atoms with van der Waals surface area (Å²) in [6.07, 6.45) is -2.18. The van der Waals surface area contributed by atoms with Gasteiger partial charge in [-0.2, -0.15) is 0 Å². The molecule has 0 aromatic rings. The fraction of sp³-hybridized carbons (Fsp3) is 0.667. The van der Waals surface area contributed by atoms with Crippen molar-refractivity contribution in [2.45, 2.75) is 12.5 Å². The van der Waals surface area contributed by atoms with Gasteiger partial charge >= 0.3 is 12.1 Å². The van der Waals surface area contributed by atoms with E-state index in [2.05, 4.69) is 10.1 Å². The first-order valence-electron chi connectivity index (χ1n) is 3.28. The van der Waals surface area contributed by atoms with Gasteiger partial charge in [-0.05, 0) is 0 Å². The molecule has 0 aliphatic heterocycles. The topological polar surface area (TPSA) is 95.9 Å². The number of carboxylic acid groups (broad SMARTS) is 1. The summed E-state index contributed by atoms with van der Waals surface area (Å²) in [5.74, 6) is -1.12. The van der Waals surface area contributed by atoms with E-state index in [-0.39, 0.29) is 6.54 Å². The van der Waals surface area contributed by atoms with Crippen molar-refractivity contribution in [2.24, 2.45) is 0 Å². The second kappa shape index (κ2) is 5.36. The number of carbonyl (C=O) groups excluding carboxylic acids is 1. The van der Waals surface area contributed by atoms with Crippen LogP contribution in [-0.2, 0) is 9.53 Å². The van der Waals surface area contributed by atoms with Gasteiger partial charge in [-0.25, -0.2) is 4.79 Å². The van der Waals surface area contributed by atoms with Crippen LogP contribution >= 0.6 is 0 Å². The number of hydrogen-bond acceptors (Lipinski definition) is 4. The smallest absolute Gasteiger partial charge is 0.406 e. The number of rotatable bonds is 4. The normalized spacial score (nSPS) is 11.8. The molecule has 1 atom stereocenters. The zero-order chi connectivity index (χ0) is 9.56. The Labute approximate surface area is 69.1 Å². The highest BCUT2D eigenvalue weighted by molar-refractivity contribution is 5.68. The highest BCUT2D eigenvalue weighted by Gasteiger charge is 2.10. The molecule has 70 valence electrons. The fourth-order valence-corrected chi connectivity index (χ4v) is 0.547. The predicted molar refractivity (Wildman–Crippen MR) is 38.7 cm³/mol. The second-order valence-electron chi connectivity index (χ2n) is 2.12. The van der Waals surface area contributed by atoms with Crippen LogP contribution in [0.25, 0.3) is 0 Å². The predicted octanol–water partition coefficient (Wildman–Crippen LogP) is -0.822. The van der Waals surface area contributed by atoms with E-state index < -0.39 is 24.6 Å². The van der Waals surface area contributed by atoms with Crippen molar-refractivity contribution in [1.82, 2.24) is 5.32 Å². The number of aliphatic hydroxyl groups is 1. The molecule has 0 saturated carbocycles. The number of hydrogen-bond donors (Lipinski definition) is 3. The number of aliphatic carboxylic acids is 1. The van der Waals surface area contributed by atoms with E-state index in [0.717, 1.165) is 0 Å². The van der Waals surface area contributed by atoms with E-state index in [1.165, 1.54) is 7.11 Å². The zero-order valence-electron chi connectivity index (χ0n) is 6.61. The second-order valence-corrected chi connectivity index (χ2v) is 2.12. The van der Waals surface area contributed by atoms with Gasteiger partial charge in [-0.3, -0.25) is 4.79 Å². The Bertz CT molecular complexity index is 169. The first-order chi connectivity index (χ1) is 5.56. The van der Waals surface area contributed by atoms with Gasteiger partial charge in [0.15, 0.2) is 0 Å². The molecule has 1 amide bonds. The molecule has 6 heteroatoms. The summed E-state index contributed by atoms with van der Waals surface area (Å²) >= 11 is 0. The molecule has 0 saturated heterocycles. The third-order valence-electron chi connectivity index (χ3n) is 1.08. The summed E-state index contributed by atoms with van der Waals surface area (Å²) < 4.78 is 4.20. The minimum absolute atomic E-state index is 0.126. The average Bonchev–Trinajstić information content (AvgIpc) is 1.99. The lowest BCUT2D eigenvalue weighted by Gasteiger charge is -2.07. The summed E-state index contributed by atoms with van der Waals surface area (Å²) in [5, 5.41) is 19.3. The molecule has 12 heavy (non-hydrogen) atoms. The third kappa shape index (κ3) is 5.48. The lowest BCUT2D eigenvalue weighted by atomic mass is 10.2. The number of carbonyl (C=O) groups is 2. The Hall–Kier alpha value is -1.30. The van der Waals surface area contributed by atoms with Gasteiger partial charge in [0.1, 0.15) is 0 Å². The van der Waals surface area contributed by atoms with Crippen molar-refractivity contribution in [3.8, 4) is 0 Å². The van der Waals surface area contributed by atoms with Crippen LogP contribution in [0, 0.1) is 0 Å². The Morgan fingerprint density at radius 3 is 2.58 bits per heavy atom. The van der Waals surface area contributed by atoms with Gasteiger partial charge in [0, 0.05) is 6.54 Å². The van der Waals surface area contributed by atoms with Crippen LogP contribution in [0.3, 0.4) is 0 Å². The van der Waals surface area contributed by atoms with Gasteiger partial charge in [-0.1, -0.05) is 0 Å². The van der Waals surface area contributed by atoms with E-state index in [1.54, 1.807) is 0 Å². The third-order valence-corrected chi connectivity index (χ3v) is 1.08. The van der Waals surface area contributed by atoms with Crippen LogP contribution in [0.5, 0.6) is 0 Å². The molecule has 0 bridgehead atoms. The van der Waals surface area contributed by atoms with Crippen LogP contribution in [0.1, 0.15) is 6.42 Å². The zero-order valence-corrected chi connectivity index (χ0v) is 6.61. The van der Waals surface area contributed by atoms with E-state index in [4.69, 9.17) is 10.2 Å². The largest absolute Gasteiger partial charge is 0.481 e. The van der Waals surface area contributed by atoms with E-state index in [0.29, 0.717) is 0 Å². The van der Waals surface area contributed by atoms with Crippen LogP contribution in [0.4, 0.5) is 4.79 Å². The Morgan fingerprint density at radius 2 is 2.17 bits per heavy atom. The van der Waals surface area contributed by atoms with Gasteiger partial charge in [-0.15, -0.1) is 0 Å². The highest BCUT2D eigenvalue weighted by atomic mass is 16.5. The number of aliphatic hydroxyl groups excluding tert-OH is 1. The quantitative estimate of drug-likeness (QED) is 0.521. The maximum atomic E-state index is 10.4. The maximum Gasteiger partial charge on any atom is 0.406 e. The summed E-state index contributed by atoms with van der Waals surface area (Å²) in [6, 6.07) is 0. The summed E-state index contributed by atoms with van der Waals surface area (Å²) in [5.41, 5.74) is 0. The van der Waals surface area contributed by atoms with Crippen LogP contribution in [0.2, 0.25) is 0 Å². The lowest BCUT2D eigenvalue weighted by molar-refractivity contribution is -0.139. The molecule has 0 spiro atoms. The molecule has 0 heterocycles. The molecule has 6 nitrogen and oxygen atoms in total. The number of ether oxygens (including phenoxy) is 1. The van der Waals surface area contributed by atoms with Gasteiger partial charge in [0.2, 0.25) is 0 Å². The number of carboxylic acids is 1. The van der Waals surface area contributed by atoms with Crippen molar-refractivity contribution in [3.05, 3.63) is 0 Å². The van der Waals surface area contributed by atoms with E-state index >= 15 is 0 Å². The number of alkyl carbamates (subject to hydrolysis) is 1. The standard InChI is InChI=1S/C6H11NO5/c1-12-6(11)7-3-4(8)2-5(9)10/h4,8H,2-3H2,1H3,(H,7,11)(H,9,10). The fourth-order valence-electron chi connectivity index (χ4n) is 0.547. The van der Waals surface area contributed by atoms with Crippen molar-refractivity contribution >= 4 is 12.1 Å². The molecule has 0 radical (unpaired) electrons. The molecule has 0 aliphatic carbocycles. The first-order valence-corrected chi connectivity index (χ1v) is 3.28. The minimum atomic E-state index is -1.12. The molecule has 0 fully saturated rings. The Balaban J connectivity index is 3.50. The number of methoxy groups -OCH3 is 1. The molecular weight excluding hydrogens is 166 g/mol. The molecule has 0 aliphatic rings.